The molecule has 0 unspecified atom stereocenters. The van der Waals surface area contributed by atoms with Gasteiger partial charge in [-0.15, -0.1) is 0 Å². The lowest BCUT2D eigenvalue weighted by Crippen LogP contribution is -2.30. The van der Waals surface area contributed by atoms with Gasteiger partial charge in [0, 0.05) is 37.4 Å². The molecule has 0 bridgehead atoms. The Morgan fingerprint density at radius 2 is 2.08 bits per heavy atom. The minimum absolute atomic E-state index is 0.439. The maximum atomic E-state index is 10.7. The lowest BCUT2D eigenvalue weighted by Gasteiger charge is -2.23. The van der Waals surface area contributed by atoms with Gasteiger partial charge in [-0.1, -0.05) is 17.7 Å². The summed E-state index contributed by atoms with van der Waals surface area (Å²) >= 11 is 5.84. The summed E-state index contributed by atoms with van der Waals surface area (Å²) in [5.74, 6) is 1.55. The third-order valence-corrected chi connectivity index (χ3v) is 3.67. The zero-order valence-corrected chi connectivity index (χ0v) is 14.7. The Labute approximate surface area is 151 Å². The number of ether oxygens (including phenoxy) is 1. The van der Waals surface area contributed by atoms with E-state index >= 15 is 0 Å². The predicted molar refractivity (Wildman–Crippen MR) is 96.0 cm³/mol. The van der Waals surface area contributed by atoms with Crippen molar-refractivity contribution in [1.29, 1.82) is 0 Å². The molecule has 0 amide bonds. The van der Waals surface area contributed by atoms with Gasteiger partial charge in [0.15, 0.2) is 5.82 Å². The van der Waals surface area contributed by atoms with Crippen LogP contribution >= 0.6 is 11.6 Å². The van der Waals surface area contributed by atoms with Gasteiger partial charge < -0.3 is 15.0 Å². The SMILES string of the molecule is CCN(Cc1ccc(Oc2ccc(Cl)cc2)nc1)/C(=C/[N+](=O)[O-])NC. The second-order valence-electron chi connectivity index (χ2n) is 5.12. The summed E-state index contributed by atoms with van der Waals surface area (Å²) in [7, 11) is 1.65. The molecule has 1 heterocycles. The fourth-order valence-corrected chi connectivity index (χ4v) is 2.31. The zero-order chi connectivity index (χ0) is 18.2. The summed E-state index contributed by atoms with van der Waals surface area (Å²) in [5.41, 5.74) is 0.912. The maximum Gasteiger partial charge on any atom is 0.274 e. The highest BCUT2D eigenvalue weighted by molar-refractivity contribution is 6.30. The molecule has 0 saturated heterocycles. The highest BCUT2D eigenvalue weighted by atomic mass is 35.5. The highest BCUT2D eigenvalue weighted by Crippen LogP contribution is 2.21. The van der Waals surface area contributed by atoms with Crippen LogP contribution in [0.1, 0.15) is 12.5 Å². The molecule has 2 aromatic rings. The van der Waals surface area contributed by atoms with E-state index in [1.165, 1.54) is 0 Å². The van der Waals surface area contributed by atoms with Crippen LogP contribution < -0.4 is 10.1 Å². The van der Waals surface area contributed by atoms with Crippen LogP contribution in [-0.2, 0) is 6.54 Å². The third-order valence-electron chi connectivity index (χ3n) is 3.41. The van der Waals surface area contributed by atoms with E-state index in [1.54, 1.807) is 43.6 Å². The van der Waals surface area contributed by atoms with Gasteiger partial charge in [-0.3, -0.25) is 10.1 Å². The van der Waals surface area contributed by atoms with Crippen molar-refractivity contribution < 1.29 is 9.66 Å². The first-order valence-corrected chi connectivity index (χ1v) is 8.06. The molecule has 0 aliphatic carbocycles. The second-order valence-corrected chi connectivity index (χ2v) is 5.56. The van der Waals surface area contributed by atoms with Crippen molar-refractivity contribution in [2.45, 2.75) is 13.5 Å². The first-order chi connectivity index (χ1) is 12.0. The van der Waals surface area contributed by atoms with E-state index in [1.807, 2.05) is 17.9 Å². The molecule has 0 aliphatic heterocycles. The van der Waals surface area contributed by atoms with E-state index in [9.17, 15) is 10.1 Å². The molecular weight excluding hydrogens is 344 g/mol. The van der Waals surface area contributed by atoms with Crippen molar-refractivity contribution in [1.82, 2.24) is 15.2 Å². The van der Waals surface area contributed by atoms with Crippen molar-refractivity contribution in [2.24, 2.45) is 0 Å². The van der Waals surface area contributed by atoms with E-state index in [0.29, 0.717) is 35.6 Å². The molecule has 0 saturated carbocycles. The molecule has 0 atom stereocenters. The van der Waals surface area contributed by atoms with Crippen LogP contribution in [0.3, 0.4) is 0 Å². The fourth-order valence-electron chi connectivity index (χ4n) is 2.18. The third kappa shape index (κ3) is 5.65. The van der Waals surface area contributed by atoms with Crippen molar-refractivity contribution in [3.8, 4) is 11.6 Å². The Bertz CT molecular complexity index is 733. The first-order valence-electron chi connectivity index (χ1n) is 7.68. The summed E-state index contributed by atoms with van der Waals surface area (Å²) in [6.07, 6.45) is 2.64. The van der Waals surface area contributed by atoms with Gasteiger partial charge in [-0.25, -0.2) is 4.98 Å². The molecule has 2 rings (SSSR count). The molecule has 25 heavy (non-hydrogen) atoms. The summed E-state index contributed by atoms with van der Waals surface area (Å²) in [4.78, 5) is 16.4. The first kappa shape index (κ1) is 18.5. The maximum absolute atomic E-state index is 10.7. The Balaban J connectivity index is 2.05. The van der Waals surface area contributed by atoms with E-state index in [4.69, 9.17) is 16.3 Å². The smallest absolute Gasteiger partial charge is 0.274 e. The Kier molecular flexibility index (Phi) is 6.59. The molecule has 1 aromatic carbocycles. The number of aromatic nitrogens is 1. The molecule has 0 spiro atoms. The van der Waals surface area contributed by atoms with E-state index in [2.05, 4.69) is 10.3 Å². The molecule has 1 aromatic heterocycles. The van der Waals surface area contributed by atoms with Gasteiger partial charge in [0.05, 0.1) is 4.92 Å². The number of nitrogens with zero attached hydrogens (tertiary/aromatic N) is 3. The minimum Gasteiger partial charge on any atom is -0.439 e. The molecule has 0 aliphatic rings. The van der Waals surface area contributed by atoms with Crippen LogP contribution in [0.25, 0.3) is 0 Å². The molecule has 0 radical (unpaired) electrons. The lowest BCUT2D eigenvalue weighted by molar-refractivity contribution is -0.404. The van der Waals surface area contributed by atoms with Crippen molar-refractivity contribution in [2.75, 3.05) is 13.6 Å². The topological polar surface area (TPSA) is 80.5 Å². The molecular formula is C17H19ClN4O3. The van der Waals surface area contributed by atoms with Crippen LogP contribution in [0.2, 0.25) is 5.02 Å². The van der Waals surface area contributed by atoms with Crippen molar-refractivity contribution in [3.05, 3.63) is 75.3 Å². The molecule has 0 fully saturated rings. The Morgan fingerprint density at radius 1 is 1.36 bits per heavy atom. The Hall–Kier alpha value is -2.80. The lowest BCUT2D eigenvalue weighted by atomic mass is 10.2. The minimum atomic E-state index is -0.476. The Morgan fingerprint density at radius 3 is 2.60 bits per heavy atom. The van der Waals surface area contributed by atoms with Gasteiger partial charge >= 0.3 is 0 Å². The molecule has 132 valence electrons. The van der Waals surface area contributed by atoms with E-state index < -0.39 is 4.92 Å². The standard InChI is InChI=1S/C17H19ClN4O3/c1-3-21(16(19-2)12-22(23)24)11-13-4-9-17(20-10-13)25-15-7-5-14(18)6-8-15/h4-10,12,19H,3,11H2,1-2H3/b16-12+. The fraction of sp³-hybridized carbons (Fsp3) is 0.235. The zero-order valence-electron chi connectivity index (χ0n) is 14.0. The molecule has 7 nitrogen and oxygen atoms in total. The molecule has 1 N–H and O–H groups in total. The van der Waals surface area contributed by atoms with Crippen molar-refractivity contribution in [3.63, 3.8) is 0 Å². The number of hydrogen-bond acceptors (Lipinski definition) is 6. The van der Waals surface area contributed by atoms with Crippen LogP contribution in [0.4, 0.5) is 0 Å². The summed E-state index contributed by atoms with van der Waals surface area (Å²) in [6, 6.07) is 10.6. The average Bonchev–Trinajstić information content (AvgIpc) is 2.61. The quantitative estimate of drug-likeness (QED) is 0.570. The largest absolute Gasteiger partial charge is 0.439 e. The van der Waals surface area contributed by atoms with Crippen LogP contribution in [0.5, 0.6) is 11.6 Å². The summed E-state index contributed by atoms with van der Waals surface area (Å²) in [5, 5.41) is 14.2. The van der Waals surface area contributed by atoms with E-state index in [-0.39, 0.29) is 0 Å². The predicted octanol–water partition coefficient (Wildman–Crippen LogP) is 3.64. The van der Waals surface area contributed by atoms with Crippen molar-refractivity contribution >= 4 is 11.6 Å². The van der Waals surface area contributed by atoms with Crippen LogP contribution in [0.15, 0.2) is 54.6 Å². The number of benzene rings is 1. The van der Waals surface area contributed by atoms with Crippen LogP contribution in [0, 0.1) is 10.1 Å². The number of hydrogen-bond donors (Lipinski definition) is 1. The number of nitro groups is 1. The van der Waals surface area contributed by atoms with Gasteiger partial charge in [-0.05, 0) is 36.8 Å². The number of pyridine rings is 1. The second kappa shape index (κ2) is 8.89. The monoisotopic (exact) mass is 362 g/mol. The van der Waals surface area contributed by atoms with Gasteiger partial charge in [0.2, 0.25) is 5.88 Å². The van der Waals surface area contributed by atoms with Gasteiger partial charge in [0.25, 0.3) is 6.20 Å². The van der Waals surface area contributed by atoms with Gasteiger partial charge in [-0.2, -0.15) is 0 Å². The highest BCUT2D eigenvalue weighted by Gasteiger charge is 2.11. The number of halogens is 1. The average molecular weight is 363 g/mol. The normalized spacial score (nSPS) is 11.1. The molecule has 8 heteroatoms. The van der Waals surface area contributed by atoms with Gasteiger partial charge in [0.1, 0.15) is 5.75 Å². The van der Waals surface area contributed by atoms with E-state index in [0.717, 1.165) is 11.8 Å². The summed E-state index contributed by atoms with van der Waals surface area (Å²) in [6.45, 7) is 3.03. The van der Waals surface area contributed by atoms with Crippen LogP contribution in [-0.4, -0.2) is 28.4 Å². The summed E-state index contributed by atoms with van der Waals surface area (Å²) < 4.78 is 5.64. The number of nitrogens with one attached hydrogen (secondary N) is 1. The number of rotatable bonds is 8.